The van der Waals surface area contributed by atoms with Crippen LogP contribution in [0.3, 0.4) is 0 Å². The van der Waals surface area contributed by atoms with Gasteiger partial charge < -0.3 is 19.7 Å². The first-order valence-electron chi connectivity index (χ1n) is 11.7. The van der Waals surface area contributed by atoms with E-state index in [1.54, 1.807) is 30.3 Å². The second-order valence-corrected chi connectivity index (χ2v) is 11.0. The van der Waals surface area contributed by atoms with E-state index in [1.807, 2.05) is 24.4 Å². The summed E-state index contributed by atoms with van der Waals surface area (Å²) in [4.78, 5) is 19.8. The third-order valence-corrected chi connectivity index (χ3v) is 8.86. The average Bonchev–Trinajstić information content (AvgIpc) is 2.84. The van der Waals surface area contributed by atoms with Crippen molar-refractivity contribution in [2.45, 2.75) is 24.2 Å². The summed E-state index contributed by atoms with van der Waals surface area (Å²) in [5.74, 6) is -0.0943. The van der Waals surface area contributed by atoms with E-state index in [4.69, 9.17) is 0 Å². The molecule has 33 heavy (non-hydrogen) atoms. The number of carbonyl (C=O) groups is 1. The van der Waals surface area contributed by atoms with Crippen LogP contribution in [0.15, 0.2) is 59.6 Å². The van der Waals surface area contributed by atoms with Crippen LogP contribution in [0.5, 0.6) is 0 Å². The van der Waals surface area contributed by atoms with E-state index in [0.29, 0.717) is 24.4 Å². The normalized spacial score (nSPS) is 22.8. The molecule has 1 aromatic heterocycles. The number of carbonyl (C=O) groups excluding carboxylic acids is 1. The van der Waals surface area contributed by atoms with Gasteiger partial charge in [0.25, 0.3) is 0 Å². The fourth-order valence-corrected chi connectivity index (χ4v) is 6.58. The number of benzene rings is 1. The number of aliphatic carboxylic acids is 1. The number of quaternary nitrogens is 1. The van der Waals surface area contributed by atoms with Gasteiger partial charge in [0, 0.05) is 31.7 Å². The topological polar surface area (TPSA) is 98.1 Å². The molecular weight excluding hydrogens is 440 g/mol. The molecule has 2 aliphatic rings. The number of nitrogens with zero attached hydrogens (tertiary/aromatic N) is 3. The Morgan fingerprint density at radius 3 is 2.42 bits per heavy atom. The van der Waals surface area contributed by atoms with Gasteiger partial charge >= 0.3 is 0 Å². The minimum absolute atomic E-state index is 0.00726. The smallest absolute Gasteiger partial charge is 0.243 e. The van der Waals surface area contributed by atoms with Gasteiger partial charge in [-0.2, -0.15) is 4.31 Å². The number of nitrogens with one attached hydrogen (secondary N) is 1. The molecule has 2 fully saturated rings. The molecule has 8 nitrogen and oxygen atoms in total. The van der Waals surface area contributed by atoms with E-state index in [-0.39, 0.29) is 18.3 Å². The van der Waals surface area contributed by atoms with Crippen LogP contribution in [0.1, 0.15) is 19.3 Å². The molecule has 4 rings (SSSR count). The van der Waals surface area contributed by atoms with Crippen LogP contribution in [0.2, 0.25) is 0 Å². The molecule has 3 heterocycles. The van der Waals surface area contributed by atoms with Crippen molar-refractivity contribution in [1.82, 2.24) is 9.29 Å². The van der Waals surface area contributed by atoms with Crippen LogP contribution >= 0.6 is 0 Å². The Balaban J connectivity index is 1.37. The minimum Gasteiger partial charge on any atom is -0.550 e. The van der Waals surface area contributed by atoms with Crippen molar-refractivity contribution in [3.05, 3.63) is 54.7 Å². The van der Waals surface area contributed by atoms with Crippen molar-refractivity contribution in [2.24, 2.45) is 11.8 Å². The fourth-order valence-electron chi connectivity index (χ4n) is 5.05. The van der Waals surface area contributed by atoms with Crippen molar-refractivity contribution in [3.63, 3.8) is 0 Å². The zero-order chi connectivity index (χ0) is 23.3. The Kier molecular flexibility index (Phi) is 7.62. The van der Waals surface area contributed by atoms with Crippen molar-refractivity contribution in [1.29, 1.82) is 0 Å². The average molecular weight is 473 g/mol. The molecule has 0 amide bonds. The van der Waals surface area contributed by atoms with Crippen LogP contribution in [-0.2, 0) is 14.8 Å². The number of anilines is 1. The Bertz CT molecular complexity index is 1010. The highest BCUT2D eigenvalue weighted by Crippen LogP contribution is 2.31. The number of aromatic nitrogens is 1. The van der Waals surface area contributed by atoms with Gasteiger partial charge in [-0.25, -0.2) is 13.4 Å². The van der Waals surface area contributed by atoms with Crippen molar-refractivity contribution >= 4 is 21.8 Å². The summed E-state index contributed by atoms with van der Waals surface area (Å²) in [6.45, 7) is 5.44. The number of piperazine rings is 1. The second kappa shape index (κ2) is 10.6. The number of sulfonamides is 1. The van der Waals surface area contributed by atoms with Crippen LogP contribution in [0, 0.1) is 11.8 Å². The molecule has 2 aliphatic heterocycles. The van der Waals surface area contributed by atoms with Gasteiger partial charge in [-0.1, -0.05) is 24.3 Å². The van der Waals surface area contributed by atoms with E-state index >= 15 is 0 Å². The second-order valence-electron chi connectivity index (χ2n) is 9.02. The third kappa shape index (κ3) is 5.90. The molecule has 2 aromatic rings. The maximum absolute atomic E-state index is 13.1. The number of hydrogen-bond donors (Lipinski definition) is 1. The molecule has 0 aliphatic carbocycles. The summed E-state index contributed by atoms with van der Waals surface area (Å²) in [7, 11) is -3.58. The lowest BCUT2D eigenvalue weighted by atomic mass is 9.82. The monoisotopic (exact) mass is 472 g/mol. The summed E-state index contributed by atoms with van der Waals surface area (Å²) in [5, 5.41) is 11.3. The maximum Gasteiger partial charge on any atom is 0.243 e. The quantitative estimate of drug-likeness (QED) is 0.564. The molecule has 178 valence electrons. The van der Waals surface area contributed by atoms with Crippen molar-refractivity contribution in [3.8, 4) is 0 Å². The SMILES string of the molecule is O=C([O-])C[C@@H]1CCN(S(=O)(=O)c2ccccc2)C[C@@H]1CC[NH+]1CCN(c2ccccn2)CC1. The van der Waals surface area contributed by atoms with Gasteiger partial charge in [0.1, 0.15) is 5.82 Å². The van der Waals surface area contributed by atoms with Gasteiger partial charge in [-0.05, 0) is 48.9 Å². The van der Waals surface area contributed by atoms with Gasteiger partial charge in [-0.3, -0.25) is 0 Å². The lowest BCUT2D eigenvalue weighted by Gasteiger charge is -2.39. The van der Waals surface area contributed by atoms with Crippen molar-refractivity contribution in [2.75, 3.05) is 50.7 Å². The standard InChI is InChI=1S/C24H32N4O4S/c29-24(30)18-20-10-13-28(33(31,32)22-6-2-1-3-7-22)19-21(20)9-12-26-14-16-27(17-15-26)23-8-4-5-11-25-23/h1-8,11,20-21H,9-10,12-19H2,(H,29,30)/t20-,21-/m0/s1. The highest BCUT2D eigenvalue weighted by Gasteiger charge is 2.36. The molecule has 9 heteroatoms. The van der Waals surface area contributed by atoms with E-state index in [2.05, 4.69) is 9.88 Å². The zero-order valence-corrected chi connectivity index (χ0v) is 19.6. The van der Waals surface area contributed by atoms with E-state index < -0.39 is 16.0 Å². The van der Waals surface area contributed by atoms with Gasteiger partial charge in [0.2, 0.25) is 10.0 Å². The number of pyridine rings is 1. The lowest BCUT2D eigenvalue weighted by Crippen LogP contribution is -3.15. The lowest BCUT2D eigenvalue weighted by molar-refractivity contribution is -0.901. The fraction of sp³-hybridized carbons (Fsp3) is 0.500. The molecule has 2 atom stereocenters. The zero-order valence-electron chi connectivity index (χ0n) is 18.8. The number of hydrogen-bond acceptors (Lipinski definition) is 6. The molecule has 2 saturated heterocycles. The Labute approximate surface area is 195 Å². The summed E-state index contributed by atoms with van der Waals surface area (Å²) >= 11 is 0. The Morgan fingerprint density at radius 2 is 1.76 bits per heavy atom. The Morgan fingerprint density at radius 1 is 1.03 bits per heavy atom. The molecule has 0 spiro atoms. The summed E-state index contributed by atoms with van der Waals surface area (Å²) < 4.78 is 27.8. The molecule has 0 radical (unpaired) electrons. The summed E-state index contributed by atoms with van der Waals surface area (Å²) in [6.07, 6.45) is 3.15. The van der Waals surface area contributed by atoms with E-state index in [1.165, 1.54) is 9.21 Å². The first-order chi connectivity index (χ1) is 15.9. The van der Waals surface area contributed by atoms with Crippen molar-refractivity contribution < 1.29 is 23.2 Å². The van der Waals surface area contributed by atoms with Crippen LogP contribution in [0.4, 0.5) is 5.82 Å². The van der Waals surface area contributed by atoms with E-state index in [0.717, 1.165) is 45.0 Å². The first-order valence-corrected chi connectivity index (χ1v) is 13.1. The molecule has 1 aromatic carbocycles. The van der Waals surface area contributed by atoms with Crippen LogP contribution in [-0.4, -0.2) is 69.5 Å². The van der Waals surface area contributed by atoms with Crippen LogP contribution in [0.25, 0.3) is 0 Å². The van der Waals surface area contributed by atoms with Crippen LogP contribution < -0.4 is 14.9 Å². The predicted molar refractivity (Wildman–Crippen MR) is 123 cm³/mol. The van der Waals surface area contributed by atoms with E-state index in [9.17, 15) is 18.3 Å². The summed E-state index contributed by atoms with van der Waals surface area (Å²) in [6, 6.07) is 14.4. The molecule has 1 N–H and O–H groups in total. The third-order valence-electron chi connectivity index (χ3n) is 6.98. The highest BCUT2D eigenvalue weighted by molar-refractivity contribution is 7.89. The Hall–Kier alpha value is -2.49. The van der Waals surface area contributed by atoms with Gasteiger partial charge in [-0.15, -0.1) is 0 Å². The molecule has 0 saturated carbocycles. The summed E-state index contributed by atoms with van der Waals surface area (Å²) in [5.41, 5.74) is 0. The predicted octanol–water partition coefficient (Wildman–Crippen LogP) is -0.356. The molecular formula is C24H32N4O4S. The number of carboxylic acids is 1. The van der Waals surface area contributed by atoms with Gasteiger partial charge in [0.15, 0.2) is 0 Å². The maximum atomic E-state index is 13.1. The molecule has 0 unspecified atom stereocenters. The van der Waals surface area contributed by atoms with Gasteiger partial charge in [0.05, 0.1) is 37.6 Å². The number of piperidine rings is 1. The highest BCUT2D eigenvalue weighted by atomic mass is 32.2. The first kappa shape index (κ1) is 23.7. The minimum atomic E-state index is -3.58. The molecule has 0 bridgehead atoms. The number of rotatable bonds is 8. The largest absolute Gasteiger partial charge is 0.550 e. The number of carboxylic acid groups (broad SMARTS) is 1.